The van der Waals surface area contributed by atoms with Crippen LogP contribution in [-0.4, -0.2) is 89.6 Å². The van der Waals surface area contributed by atoms with Crippen molar-refractivity contribution in [2.75, 3.05) is 77.6 Å². The van der Waals surface area contributed by atoms with Gasteiger partial charge in [0.25, 0.3) is 0 Å². The third-order valence-electron chi connectivity index (χ3n) is 6.09. The SMILES string of the molecule is CN=C(NCCCOC1CCOC1)NCCN1CCN(c2cccc(C)c2C)CC1.I. The predicted octanol–water partition coefficient (Wildman–Crippen LogP) is 2.40. The van der Waals surface area contributed by atoms with Crippen molar-refractivity contribution in [2.24, 2.45) is 4.99 Å². The first kappa shape index (κ1) is 26.2. The zero-order valence-electron chi connectivity index (χ0n) is 19.4. The Kier molecular flexibility index (Phi) is 11.9. The minimum absolute atomic E-state index is 0. The molecule has 0 spiro atoms. The smallest absolute Gasteiger partial charge is 0.191 e. The van der Waals surface area contributed by atoms with E-state index in [2.05, 4.69) is 57.5 Å². The minimum Gasteiger partial charge on any atom is -0.379 e. The highest BCUT2D eigenvalue weighted by Crippen LogP contribution is 2.23. The molecule has 0 aromatic heterocycles. The summed E-state index contributed by atoms with van der Waals surface area (Å²) in [7, 11) is 1.82. The van der Waals surface area contributed by atoms with Crippen LogP contribution in [0.1, 0.15) is 24.0 Å². The monoisotopic (exact) mass is 545 g/mol. The lowest BCUT2D eigenvalue weighted by Gasteiger charge is -2.37. The topological polar surface area (TPSA) is 61.4 Å². The van der Waals surface area contributed by atoms with Gasteiger partial charge in [-0.05, 0) is 43.9 Å². The molecule has 2 heterocycles. The fourth-order valence-corrected chi connectivity index (χ4v) is 4.02. The van der Waals surface area contributed by atoms with Crippen LogP contribution in [0.4, 0.5) is 5.69 Å². The standard InChI is InChI=1S/C23H39N5O2.HI/c1-19-6-4-7-22(20(19)2)28-14-12-27(13-15-28)11-10-26-23(24-3)25-9-5-16-30-21-8-17-29-18-21;/h4,6-7,21H,5,8-18H2,1-3H3,(H2,24,25,26);1H. The van der Waals surface area contributed by atoms with Crippen LogP contribution in [0.15, 0.2) is 23.2 Å². The van der Waals surface area contributed by atoms with Crippen LogP contribution < -0.4 is 15.5 Å². The predicted molar refractivity (Wildman–Crippen MR) is 139 cm³/mol. The van der Waals surface area contributed by atoms with Crippen molar-refractivity contribution in [1.29, 1.82) is 0 Å². The highest BCUT2D eigenvalue weighted by Gasteiger charge is 2.18. The second-order valence-electron chi connectivity index (χ2n) is 8.18. The van der Waals surface area contributed by atoms with E-state index in [1.807, 2.05) is 7.05 Å². The second kappa shape index (κ2) is 14.1. The molecule has 3 rings (SSSR count). The van der Waals surface area contributed by atoms with Crippen molar-refractivity contribution in [1.82, 2.24) is 15.5 Å². The average molecular weight is 546 g/mol. The fraction of sp³-hybridized carbons (Fsp3) is 0.696. The molecular weight excluding hydrogens is 505 g/mol. The number of anilines is 1. The van der Waals surface area contributed by atoms with Gasteiger partial charge in [-0.15, -0.1) is 24.0 Å². The Labute approximate surface area is 205 Å². The van der Waals surface area contributed by atoms with Crippen LogP contribution >= 0.6 is 24.0 Å². The van der Waals surface area contributed by atoms with Gasteiger partial charge in [-0.1, -0.05) is 12.1 Å². The summed E-state index contributed by atoms with van der Waals surface area (Å²) in [4.78, 5) is 9.37. The number of hydrogen-bond donors (Lipinski definition) is 2. The number of nitrogens with one attached hydrogen (secondary N) is 2. The van der Waals surface area contributed by atoms with Crippen LogP contribution in [0.3, 0.4) is 0 Å². The summed E-state index contributed by atoms with van der Waals surface area (Å²) in [5.41, 5.74) is 4.17. The lowest BCUT2D eigenvalue weighted by molar-refractivity contribution is 0.0420. The van der Waals surface area contributed by atoms with Crippen LogP contribution in [0.5, 0.6) is 0 Å². The molecule has 1 aromatic carbocycles. The molecule has 2 fully saturated rings. The molecule has 8 heteroatoms. The van der Waals surface area contributed by atoms with Crippen molar-refractivity contribution in [3.8, 4) is 0 Å². The number of piperazine rings is 1. The average Bonchev–Trinajstić information content (AvgIpc) is 3.28. The summed E-state index contributed by atoms with van der Waals surface area (Å²) in [6.07, 6.45) is 2.28. The fourth-order valence-electron chi connectivity index (χ4n) is 4.02. The van der Waals surface area contributed by atoms with E-state index in [0.717, 1.165) is 84.4 Å². The van der Waals surface area contributed by atoms with Gasteiger partial charge >= 0.3 is 0 Å². The van der Waals surface area contributed by atoms with Crippen molar-refractivity contribution in [3.63, 3.8) is 0 Å². The zero-order valence-corrected chi connectivity index (χ0v) is 21.7. The van der Waals surface area contributed by atoms with Crippen LogP contribution in [0, 0.1) is 13.8 Å². The summed E-state index contributed by atoms with van der Waals surface area (Å²) in [6.45, 7) is 13.9. The quantitative estimate of drug-likeness (QED) is 0.215. The van der Waals surface area contributed by atoms with E-state index in [-0.39, 0.29) is 30.1 Å². The first-order chi connectivity index (χ1) is 14.7. The van der Waals surface area contributed by atoms with Gasteiger partial charge < -0.3 is 25.0 Å². The maximum Gasteiger partial charge on any atom is 0.191 e. The molecule has 1 unspecified atom stereocenters. The van der Waals surface area contributed by atoms with E-state index in [1.54, 1.807) is 0 Å². The Morgan fingerprint density at radius 3 is 2.65 bits per heavy atom. The first-order valence-electron chi connectivity index (χ1n) is 11.3. The summed E-state index contributed by atoms with van der Waals surface area (Å²) in [5, 5.41) is 6.80. The van der Waals surface area contributed by atoms with E-state index in [4.69, 9.17) is 9.47 Å². The second-order valence-corrected chi connectivity index (χ2v) is 8.18. The minimum atomic E-state index is 0. The van der Waals surface area contributed by atoms with Crippen molar-refractivity contribution in [3.05, 3.63) is 29.3 Å². The number of benzene rings is 1. The number of rotatable bonds is 9. The van der Waals surface area contributed by atoms with E-state index < -0.39 is 0 Å². The third kappa shape index (κ3) is 8.40. The molecule has 31 heavy (non-hydrogen) atoms. The number of aliphatic imine (C=N–C) groups is 1. The Hall–Kier alpha value is -1.10. The molecule has 0 bridgehead atoms. The van der Waals surface area contributed by atoms with Gasteiger partial charge in [0.05, 0.1) is 12.7 Å². The molecule has 176 valence electrons. The summed E-state index contributed by atoms with van der Waals surface area (Å²) < 4.78 is 11.1. The number of guanidine groups is 1. The lowest BCUT2D eigenvalue weighted by Crippen LogP contribution is -2.49. The van der Waals surface area contributed by atoms with Gasteiger partial charge in [-0.3, -0.25) is 9.89 Å². The van der Waals surface area contributed by atoms with Crippen LogP contribution in [0.25, 0.3) is 0 Å². The van der Waals surface area contributed by atoms with Crippen LogP contribution in [0.2, 0.25) is 0 Å². The van der Waals surface area contributed by atoms with E-state index >= 15 is 0 Å². The molecule has 0 amide bonds. The largest absolute Gasteiger partial charge is 0.379 e. The summed E-state index contributed by atoms with van der Waals surface area (Å²) >= 11 is 0. The highest BCUT2D eigenvalue weighted by atomic mass is 127. The van der Waals surface area contributed by atoms with Crippen LogP contribution in [-0.2, 0) is 9.47 Å². The summed E-state index contributed by atoms with van der Waals surface area (Å²) in [5.74, 6) is 0.869. The van der Waals surface area contributed by atoms with E-state index in [9.17, 15) is 0 Å². The number of halogens is 1. The Morgan fingerprint density at radius 2 is 1.94 bits per heavy atom. The van der Waals surface area contributed by atoms with Gasteiger partial charge in [0.1, 0.15) is 0 Å². The molecule has 0 saturated carbocycles. The van der Waals surface area contributed by atoms with Gasteiger partial charge in [-0.2, -0.15) is 0 Å². The van der Waals surface area contributed by atoms with Gasteiger partial charge in [0.2, 0.25) is 0 Å². The molecule has 0 aliphatic carbocycles. The first-order valence-corrected chi connectivity index (χ1v) is 11.3. The molecule has 2 aliphatic rings. The number of ether oxygens (including phenoxy) is 2. The maximum absolute atomic E-state index is 5.80. The zero-order chi connectivity index (χ0) is 21.2. The molecule has 7 nitrogen and oxygen atoms in total. The highest BCUT2D eigenvalue weighted by molar-refractivity contribution is 14.0. The van der Waals surface area contributed by atoms with Crippen molar-refractivity contribution >= 4 is 35.6 Å². The van der Waals surface area contributed by atoms with Crippen molar-refractivity contribution in [2.45, 2.75) is 32.8 Å². The van der Waals surface area contributed by atoms with Gasteiger partial charge in [0, 0.05) is 71.8 Å². The van der Waals surface area contributed by atoms with Gasteiger partial charge in [-0.25, -0.2) is 0 Å². The molecule has 0 radical (unpaired) electrons. The molecule has 1 aromatic rings. The number of nitrogens with zero attached hydrogens (tertiary/aromatic N) is 3. The molecular formula is C23H40IN5O2. The normalized spacial score (nSPS) is 19.9. The Balaban J connectivity index is 0.00000341. The molecule has 2 N–H and O–H groups in total. The molecule has 1 atom stereocenters. The third-order valence-corrected chi connectivity index (χ3v) is 6.09. The lowest BCUT2D eigenvalue weighted by atomic mass is 10.1. The van der Waals surface area contributed by atoms with E-state index in [0.29, 0.717) is 0 Å². The molecule has 2 aliphatic heterocycles. The number of hydrogen-bond acceptors (Lipinski definition) is 5. The Bertz CT molecular complexity index is 674. The Morgan fingerprint density at radius 1 is 1.16 bits per heavy atom. The number of aryl methyl sites for hydroxylation is 1. The van der Waals surface area contributed by atoms with E-state index in [1.165, 1.54) is 16.8 Å². The maximum atomic E-state index is 5.80. The summed E-state index contributed by atoms with van der Waals surface area (Å²) in [6, 6.07) is 6.61. The van der Waals surface area contributed by atoms with Gasteiger partial charge in [0.15, 0.2) is 5.96 Å². The molecule has 2 saturated heterocycles. The van der Waals surface area contributed by atoms with Crippen molar-refractivity contribution < 1.29 is 9.47 Å².